The summed E-state index contributed by atoms with van der Waals surface area (Å²) in [6, 6.07) is 3.27. The summed E-state index contributed by atoms with van der Waals surface area (Å²) in [6.07, 6.45) is 3.82. The van der Waals surface area contributed by atoms with Crippen molar-refractivity contribution in [2.45, 2.75) is 33.0 Å². The van der Waals surface area contributed by atoms with Gasteiger partial charge in [0.05, 0.1) is 6.54 Å². The summed E-state index contributed by atoms with van der Waals surface area (Å²) in [4.78, 5) is 6.59. The van der Waals surface area contributed by atoms with Crippen LogP contribution >= 0.6 is 0 Å². The van der Waals surface area contributed by atoms with E-state index in [0.717, 1.165) is 36.7 Å². The largest absolute Gasteiger partial charge is 0.362 e. The third-order valence-electron chi connectivity index (χ3n) is 3.88. The molecule has 0 amide bonds. The first-order valence-electron chi connectivity index (χ1n) is 6.87. The van der Waals surface area contributed by atoms with Crippen LogP contribution < -0.4 is 10.6 Å². The molecule has 2 heterocycles. The van der Waals surface area contributed by atoms with Crippen LogP contribution in [0.1, 0.15) is 29.9 Å². The molecule has 1 aliphatic rings. The maximum atomic E-state index is 13.8. The van der Waals surface area contributed by atoms with E-state index in [2.05, 4.69) is 14.5 Å². The smallest absolute Gasteiger partial charge is 0.128 e. The highest BCUT2D eigenvalue weighted by Crippen LogP contribution is 2.30. The summed E-state index contributed by atoms with van der Waals surface area (Å²) in [5.41, 5.74) is 8.53. The molecule has 1 aromatic heterocycles. The lowest BCUT2D eigenvalue weighted by Crippen LogP contribution is -2.34. The van der Waals surface area contributed by atoms with Crippen molar-refractivity contribution >= 4 is 5.69 Å². The molecule has 2 N–H and O–H groups in total. The zero-order chi connectivity index (χ0) is 14.3. The summed E-state index contributed by atoms with van der Waals surface area (Å²) >= 11 is 0. The molecule has 3 rings (SSSR count). The number of aryl methyl sites for hydroxylation is 1. The van der Waals surface area contributed by atoms with Gasteiger partial charge >= 0.3 is 0 Å². The van der Waals surface area contributed by atoms with Gasteiger partial charge in [-0.2, -0.15) is 0 Å². The highest BCUT2D eigenvalue weighted by molar-refractivity contribution is 5.57. The number of aromatic nitrogens is 2. The summed E-state index contributed by atoms with van der Waals surface area (Å²) in [5, 5.41) is 0. The number of imidazole rings is 1. The Morgan fingerprint density at radius 3 is 2.90 bits per heavy atom. The first-order valence-corrected chi connectivity index (χ1v) is 6.87. The number of fused-ring (bicyclic) bond motifs is 1. The molecule has 0 aliphatic carbocycles. The Hall–Kier alpha value is -1.88. The normalized spacial score (nSPS) is 16.1. The minimum atomic E-state index is -0.195. The van der Waals surface area contributed by atoms with Crippen LogP contribution in [0.25, 0.3) is 0 Å². The fourth-order valence-corrected chi connectivity index (χ4v) is 2.70. The average Bonchev–Trinajstić information content (AvgIpc) is 2.88. The summed E-state index contributed by atoms with van der Waals surface area (Å²) in [6.45, 7) is 6.18. The fourth-order valence-electron chi connectivity index (χ4n) is 2.70. The van der Waals surface area contributed by atoms with Crippen molar-refractivity contribution in [1.82, 2.24) is 9.55 Å². The van der Waals surface area contributed by atoms with Crippen molar-refractivity contribution in [3.63, 3.8) is 0 Å². The van der Waals surface area contributed by atoms with Crippen LogP contribution in [0.4, 0.5) is 10.1 Å². The highest BCUT2D eigenvalue weighted by atomic mass is 19.1. The van der Waals surface area contributed by atoms with Gasteiger partial charge in [-0.05, 0) is 37.1 Å². The van der Waals surface area contributed by atoms with Crippen molar-refractivity contribution < 1.29 is 4.39 Å². The van der Waals surface area contributed by atoms with Crippen molar-refractivity contribution in [3.05, 3.63) is 47.3 Å². The molecule has 0 bridgehead atoms. The monoisotopic (exact) mass is 274 g/mol. The molecule has 1 atom stereocenters. The second-order valence-electron chi connectivity index (χ2n) is 5.41. The molecule has 2 aromatic rings. The van der Waals surface area contributed by atoms with E-state index >= 15 is 0 Å². The Labute approximate surface area is 118 Å². The summed E-state index contributed by atoms with van der Waals surface area (Å²) in [5.74, 6) is 0.841. The van der Waals surface area contributed by atoms with Gasteiger partial charge in [-0.1, -0.05) is 0 Å². The zero-order valence-electron chi connectivity index (χ0n) is 11.8. The van der Waals surface area contributed by atoms with E-state index < -0.39 is 0 Å². The van der Waals surface area contributed by atoms with E-state index in [1.165, 1.54) is 0 Å². The lowest BCUT2D eigenvalue weighted by molar-refractivity contribution is 0.555. The van der Waals surface area contributed by atoms with Crippen LogP contribution in [0.3, 0.4) is 0 Å². The quantitative estimate of drug-likeness (QED) is 0.914. The van der Waals surface area contributed by atoms with E-state index in [9.17, 15) is 4.39 Å². The standard InChI is InChI=1S/C15H19FN4/c1-10-7-14(12(11(2)17)8-13(10)16)20-6-5-19-4-3-18-15(19)9-20/h3-4,7-8,11H,5-6,9,17H2,1-2H3/t11-/m1/s1. The van der Waals surface area contributed by atoms with Crippen LogP contribution in [-0.2, 0) is 13.1 Å². The van der Waals surface area contributed by atoms with Gasteiger partial charge in [0.1, 0.15) is 11.6 Å². The lowest BCUT2D eigenvalue weighted by atomic mass is 10.0. The van der Waals surface area contributed by atoms with Crippen molar-refractivity contribution in [1.29, 1.82) is 0 Å². The van der Waals surface area contributed by atoms with E-state index in [4.69, 9.17) is 5.73 Å². The molecule has 5 heteroatoms. The number of halogens is 1. The predicted molar refractivity (Wildman–Crippen MR) is 77.0 cm³/mol. The molecule has 1 aromatic carbocycles. The van der Waals surface area contributed by atoms with Gasteiger partial charge < -0.3 is 15.2 Å². The maximum Gasteiger partial charge on any atom is 0.128 e. The van der Waals surface area contributed by atoms with Crippen LogP contribution in [0.2, 0.25) is 0 Å². The number of anilines is 1. The van der Waals surface area contributed by atoms with Gasteiger partial charge in [0.15, 0.2) is 0 Å². The van der Waals surface area contributed by atoms with Gasteiger partial charge in [-0.15, -0.1) is 0 Å². The van der Waals surface area contributed by atoms with Crippen molar-refractivity contribution in [3.8, 4) is 0 Å². The molecule has 1 aliphatic heterocycles. The van der Waals surface area contributed by atoms with Crippen LogP contribution in [-0.4, -0.2) is 16.1 Å². The molecule has 0 radical (unpaired) electrons. The number of rotatable bonds is 2. The van der Waals surface area contributed by atoms with Crippen molar-refractivity contribution in [2.24, 2.45) is 5.73 Å². The molecule has 0 saturated heterocycles. The molecule has 20 heavy (non-hydrogen) atoms. The van der Waals surface area contributed by atoms with Gasteiger partial charge in [0.25, 0.3) is 0 Å². The number of benzene rings is 1. The molecular formula is C15H19FN4. The Bertz CT molecular complexity index is 633. The molecule has 4 nitrogen and oxygen atoms in total. The van der Waals surface area contributed by atoms with Crippen molar-refractivity contribution in [2.75, 3.05) is 11.4 Å². The van der Waals surface area contributed by atoms with Gasteiger partial charge in [0, 0.05) is 37.2 Å². The molecule has 0 saturated carbocycles. The topological polar surface area (TPSA) is 47.1 Å². The van der Waals surface area contributed by atoms with Crippen LogP contribution in [0, 0.1) is 12.7 Å². The van der Waals surface area contributed by atoms with Gasteiger partial charge in [-0.3, -0.25) is 0 Å². The van der Waals surface area contributed by atoms with Crippen LogP contribution in [0.5, 0.6) is 0 Å². The third-order valence-corrected chi connectivity index (χ3v) is 3.88. The Morgan fingerprint density at radius 1 is 1.35 bits per heavy atom. The predicted octanol–water partition coefficient (Wildman–Crippen LogP) is 2.37. The first kappa shape index (κ1) is 13.1. The highest BCUT2D eigenvalue weighted by Gasteiger charge is 2.21. The lowest BCUT2D eigenvalue weighted by Gasteiger charge is -2.32. The molecule has 0 spiro atoms. The number of hydrogen-bond acceptors (Lipinski definition) is 3. The number of hydrogen-bond donors (Lipinski definition) is 1. The summed E-state index contributed by atoms with van der Waals surface area (Å²) in [7, 11) is 0. The van der Waals surface area contributed by atoms with Gasteiger partial charge in [0.2, 0.25) is 0 Å². The van der Waals surface area contributed by atoms with E-state index in [0.29, 0.717) is 5.56 Å². The average molecular weight is 274 g/mol. The molecular weight excluding hydrogens is 255 g/mol. The third kappa shape index (κ3) is 2.18. The van der Waals surface area contributed by atoms with E-state index in [1.54, 1.807) is 13.0 Å². The number of nitrogens with two attached hydrogens (primary N) is 1. The van der Waals surface area contributed by atoms with E-state index in [-0.39, 0.29) is 11.9 Å². The molecule has 106 valence electrons. The molecule has 0 fully saturated rings. The Morgan fingerprint density at radius 2 is 2.15 bits per heavy atom. The Balaban J connectivity index is 2.00. The fraction of sp³-hybridized carbons (Fsp3) is 0.400. The second-order valence-corrected chi connectivity index (χ2v) is 5.41. The SMILES string of the molecule is Cc1cc(N2CCn3ccnc3C2)c([C@@H](C)N)cc1F. The zero-order valence-corrected chi connectivity index (χ0v) is 11.8. The number of nitrogens with zero attached hydrogens (tertiary/aromatic N) is 3. The first-order chi connectivity index (χ1) is 9.56. The minimum Gasteiger partial charge on any atom is -0.362 e. The molecule has 0 unspecified atom stereocenters. The van der Waals surface area contributed by atoms with Gasteiger partial charge in [-0.25, -0.2) is 9.37 Å². The second kappa shape index (κ2) is 4.90. The maximum absolute atomic E-state index is 13.8. The van der Waals surface area contributed by atoms with E-state index in [1.807, 2.05) is 25.4 Å². The van der Waals surface area contributed by atoms with Crippen LogP contribution in [0.15, 0.2) is 24.5 Å². The summed E-state index contributed by atoms with van der Waals surface area (Å²) < 4.78 is 15.9. The minimum absolute atomic E-state index is 0.193. The Kier molecular flexibility index (Phi) is 3.22.